The van der Waals surface area contributed by atoms with Crippen LogP contribution in [0.2, 0.25) is 0 Å². The molecule has 11 nitrogen and oxygen atoms in total. The molecule has 356 valence electrons. The SMILES string of the molecule is CC(C)(C)c1cc(CC2(Cc3cc(C(C)(C)C)cc(C(C)(C)C)c3)C(=O)N(CCCCN)C(=O)N(CCCCN)C2=O)cc(C(C)(C)C)c1.O=C(O)C(F)(F)F.O=C(O)C(F)(F)F. The number of carboxylic acid groups (broad SMARTS) is 2. The number of carbonyl (C=O) groups excluding carboxylic acids is 3. The van der Waals surface area contributed by atoms with Gasteiger partial charge in [0.1, 0.15) is 5.41 Å². The van der Waals surface area contributed by atoms with E-state index in [1.165, 1.54) is 9.80 Å². The highest BCUT2D eigenvalue weighted by Crippen LogP contribution is 2.41. The Kier molecular flexibility index (Phi) is 19.2. The predicted molar refractivity (Wildman–Crippen MR) is 230 cm³/mol. The van der Waals surface area contributed by atoms with Crippen LogP contribution in [0.5, 0.6) is 0 Å². The number of hydrogen-bond acceptors (Lipinski definition) is 7. The van der Waals surface area contributed by atoms with Gasteiger partial charge < -0.3 is 21.7 Å². The van der Waals surface area contributed by atoms with Gasteiger partial charge in [-0.25, -0.2) is 14.4 Å². The maximum Gasteiger partial charge on any atom is 0.490 e. The van der Waals surface area contributed by atoms with Gasteiger partial charge in [0.25, 0.3) is 0 Å². The van der Waals surface area contributed by atoms with Crippen molar-refractivity contribution in [2.24, 2.45) is 16.9 Å². The predicted octanol–water partition coefficient (Wildman–Crippen LogP) is 9.18. The number of unbranched alkanes of at least 4 members (excludes halogenated alkanes) is 2. The number of hydrogen-bond donors (Lipinski definition) is 4. The Labute approximate surface area is 367 Å². The summed E-state index contributed by atoms with van der Waals surface area (Å²) in [5, 5.41) is 14.2. The third kappa shape index (κ3) is 16.5. The molecular weight excluding hydrogens is 835 g/mol. The van der Waals surface area contributed by atoms with E-state index < -0.39 is 47.6 Å². The molecule has 4 amide bonds. The number of imide groups is 2. The molecule has 0 unspecified atom stereocenters. The molecule has 2 aromatic rings. The summed E-state index contributed by atoms with van der Waals surface area (Å²) in [7, 11) is 0. The lowest BCUT2D eigenvalue weighted by molar-refractivity contribution is -0.193. The second-order valence-corrected chi connectivity index (χ2v) is 20.1. The molecule has 0 bridgehead atoms. The van der Waals surface area contributed by atoms with Gasteiger partial charge in [0.15, 0.2) is 0 Å². The van der Waals surface area contributed by atoms with Gasteiger partial charge in [-0.2, -0.15) is 26.3 Å². The number of carbonyl (C=O) groups is 5. The lowest BCUT2D eigenvalue weighted by atomic mass is 9.70. The number of alkyl halides is 6. The van der Waals surface area contributed by atoms with Gasteiger partial charge in [-0.1, -0.05) is 119 Å². The van der Waals surface area contributed by atoms with Crippen molar-refractivity contribution in [3.05, 3.63) is 69.8 Å². The van der Waals surface area contributed by atoms with E-state index in [0.29, 0.717) is 38.8 Å². The van der Waals surface area contributed by atoms with Crippen LogP contribution in [0.4, 0.5) is 31.1 Å². The van der Waals surface area contributed by atoms with Gasteiger partial charge in [-0.3, -0.25) is 19.4 Å². The van der Waals surface area contributed by atoms with E-state index in [2.05, 4.69) is 119 Å². The van der Waals surface area contributed by atoms with E-state index in [1.807, 2.05) is 0 Å². The van der Waals surface area contributed by atoms with Gasteiger partial charge in [0.05, 0.1) is 0 Å². The number of halogens is 6. The highest BCUT2D eigenvalue weighted by atomic mass is 19.4. The lowest BCUT2D eigenvalue weighted by Gasteiger charge is -2.45. The largest absolute Gasteiger partial charge is 0.490 e. The first kappa shape index (κ1) is 56.5. The minimum Gasteiger partial charge on any atom is -0.475 e. The average molecular weight is 903 g/mol. The number of rotatable bonds is 12. The molecule has 1 fully saturated rings. The molecule has 0 atom stereocenters. The van der Waals surface area contributed by atoms with Crippen LogP contribution in [0.15, 0.2) is 36.4 Å². The summed E-state index contributed by atoms with van der Waals surface area (Å²) in [6, 6.07) is 12.6. The summed E-state index contributed by atoms with van der Waals surface area (Å²) < 4.78 is 63.5. The zero-order chi connectivity index (χ0) is 49.3. The fraction of sp³-hybridized carbons (Fsp3) is 0.630. The van der Waals surface area contributed by atoms with Crippen molar-refractivity contribution in [3.63, 3.8) is 0 Å². The highest BCUT2D eigenvalue weighted by molar-refractivity contribution is 6.19. The first-order chi connectivity index (χ1) is 28.3. The number of aliphatic carboxylic acids is 2. The number of barbiturate groups is 1. The molecule has 1 aliphatic rings. The molecule has 3 rings (SSSR count). The number of carboxylic acids is 2. The van der Waals surface area contributed by atoms with Crippen LogP contribution in [0.1, 0.15) is 142 Å². The van der Waals surface area contributed by atoms with Crippen molar-refractivity contribution in [1.29, 1.82) is 0 Å². The Morgan fingerprint density at radius 3 is 0.937 bits per heavy atom. The molecule has 1 saturated heterocycles. The second-order valence-electron chi connectivity index (χ2n) is 20.1. The number of benzene rings is 2. The van der Waals surface area contributed by atoms with Crippen molar-refractivity contribution in [1.82, 2.24) is 9.80 Å². The highest BCUT2D eigenvalue weighted by Gasteiger charge is 2.57. The van der Waals surface area contributed by atoms with Gasteiger partial charge >= 0.3 is 30.3 Å². The molecule has 0 spiro atoms. The Morgan fingerprint density at radius 1 is 0.508 bits per heavy atom. The molecule has 2 aromatic carbocycles. The summed E-state index contributed by atoms with van der Waals surface area (Å²) in [4.78, 5) is 64.7. The third-order valence-corrected chi connectivity index (χ3v) is 10.4. The molecule has 17 heteroatoms. The van der Waals surface area contributed by atoms with Crippen LogP contribution >= 0.6 is 0 Å². The van der Waals surface area contributed by atoms with Gasteiger partial charge in [-0.15, -0.1) is 0 Å². The van der Waals surface area contributed by atoms with E-state index >= 15 is 9.59 Å². The molecule has 0 aliphatic carbocycles. The van der Waals surface area contributed by atoms with Crippen LogP contribution in [0.25, 0.3) is 0 Å². The fourth-order valence-corrected chi connectivity index (χ4v) is 6.53. The third-order valence-electron chi connectivity index (χ3n) is 10.4. The number of nitrogens with zero attached hydrogens (tertiary/aromatic N) is 2. The van der Waals surface area contributed by atoms with Crippen LogP contribution in [-0.4, -0.2) is 88.3 Å². The Hall–Kier alpha value is -4.51. The normalized spacial score (nSPS) is 15.1. The van der Waals surface area contributed by atoms with Crippen LogP contribution < -0.4 is 11.5 Å². The summed E-state index contributed by atoms with van der Waals surface area (Å²) in [5.74, 6) is -6.34. The zero-order valence-electron chi connectivity index (χ0n) is 38.8. The van der Waals surface area contributed by atoms with Crippen molar-refractivity contribution >= 4 is 29.8 Å². The summed E-state index contributed by atoms with van der Waals surface area (Å²) in [6.45, 7) is 27.6. The van der Waals surface area contributed by atoms with Gasteiger partial charge in [0, 0.05) is 13.1 Å². The number of urea groups is 1. The monoisotopic (exact) mass is 902 g/mol. The van der Waals surface area contributed by atoms with Crippen molar-refractivity contribution in [3.8, 4) is 0 Å². The maximum atomic E-state index is 15.1. The second kappa shape index (κ2) is 21.4. The van der Waals surface area contributed by atoms with Crippen molar-refractivity contribution in [2.75, 3.05) is 26.2 Å². The minimum absolute atomic E-state index is 0.148. The molecule has 1 heterocycles. The topological polar surface area (TPSA) is 184 Å². The smallest absolute Gasteiger partial charge is 0.475 e. The average Bonchev–Trinajstić information content (AvgIpc) is 3.11. The number of amides is 4. The zero-order valence-corrected chi connectivity index (χ0v) is 38.8. The molecule has 0 aromatic heterocycles. The van der Waals surface area contributed by atoms with Gasteiger partial charge in [0.2, 0.25) is 11.8 Å². The van der Waals surface area contributed by atoms with Crippen molar-refractivity contribution in [2.45, 2.75) is 156 Å². The molecule has 0 radical (unpaired) electrons. The molecular formula is C46H68F6N4O7. The standard InChI is InChI=1S/C42H66N4O3.2C2HF3O2/c1-38(2,3)31-21-29(22-32(25-31)39(4,5)6)27-42(28-30-23-33(40(7,8)9)26-34(24-30)41(10,11)12)35(47)45(19-15-13-17-43)37(49)46(36(42)48)20-16-14-18-44;2*3-2(4,5)1(6)7/h21-26H,13-20,27-28,43-44H2,1-12H3;2*(H,6,7). The van der Waals surface area contributed by atoms with Crippen LogP contribution in [0.3, 0.4) is 0 Å². The first-order valence-corrected chi connectivity index (χ1v) is 20.8. The fourth-order valence-electron chi connectivity index (χ4n) is 6.53. The molecule has 0 saturated carbocycles. The Balaban J connectivity index is 0.00000121. The molecule has 6 N–H and O–H groups in total. The summed E-state index contributed by atoms with van der Waals surface area (Å²) in [6.07, 6.45) is -7.27. The van der Waals surface area contributed by atoms with Crippen LogP contribution in [0, 0.1) is 5.41 Å². The molecule has 63 heavy (non-hydrogen) atoms. The number of nitrogens with two attached hydrogens (primary N) is 2. The maximum absolute atomic E-state index is 15.1. The van der Waals surface area contributed by atoms with E-state index in [1.54, 1.807) is 0 Å². The van der Waals surface area contributed by atoms with Crippen molar-refractivity contribution < 1.29 is 60.5 Å². The van der Waals surface area contributed by atoms with E-state index in [9.17, 15) is 31.1 Å². The summed E-state index contributed by atoms with van der Waals surface area (Å²) >= 11 is 0. The Morgan fingerprint density at radius 2 is 0.746 bits per heavy atom. The summed E-state index contributed by atoms with van der Waals surface area (Å²) in [5.41, 5.74) is 16.0. The van der Waals surface area contributed by atoms with Gasteiger partial charge in [-0.05, 0) is 107 Å². The minimum atomic E-state index is -5.08. The lowest BCUT2D eigenvalue weighted by Crippen LogP contribution is -2.66. The Bertz CT molecular complexity index is 1720. The first-order valence-electron chi connectivity index (χ1n) is 20.8. The molecule has 1 aliphatic heterocycles. The van der Waals surface area contributed by atoms with E-state index in [-0.39, 0.29) is 47.6 Å². The van der Waals surface area contributed by atoms with Crippen LogP contribution in [-0.2, 0) is 53.7 Å². The van der Waals surface area contributed by atoms with E-state index in [4.69, 9.17) is 31.3 Å². The van der Waals surface area contributed by atoms with E-state index in [0.717, 1.165) is 33.4 Å². The quantitative estimate of drug-likeness (QED) is 0.0916.